The standard InChI is InChI=1S/C19H21NO5S/c21-18(19(22)23)17-11-5-9-15-13(6-4-10-16(15)17)12-20-26(24,25)14-7-2-1-3-8-14/h1-3,5,7-9,11,13,18,20-21H,4,6,10,12H2,(H,22,23). The van der Waals surface area contributed by atoms with Crippen LogP contribution in [0.3, 0.4) is 0 Å². The summed E-state index contributed by atoms with van der Waals surface area (Å²) in [6, 6.07) is 13.4. The molecule has 1 aliphatic carbocycles. The van der Waals surface area contributed by atoms with E-state index in [0.717, 1.165) is 24.0 Å². The number of carbonyl (C=O) groups is 1. The number of sulfonamides is 1. The van der Waals surface area contributed by atoms with E-state index < -0.39 is 22.1 Å². The maximum atomic E-state index is 12.4. The second-order valence-corrected chi connectivity index (χ2v) is 8.18. The van der Waals surface area contributed by atoms with Gasteiger partial charge in [-0.1, -0.05) is 36.4 Å². The van der Waals surface area contributed by atoms with Gasteiger partial charge in [0.05, 0.1) is 4.90 Å². The summed E-state index contributed by atoms with van der Waals surface area (Å²) in [5, 5.41) is 19.0. The minimum Gasteiger partial charge on any atom is -0.479 e. The first-order chi connectivity index (χ1) is 12.4. The quantitative estimate of drug-likeness (QED) is 0.718. The van der Waals surface area contributed by atoms with Crippen molar-refractivity contribution in [2.24, 2.45) is 0 Å². The number of aliphatic hydroxyl groups excluding tert-OH is 1. The second kappa shape index (κ2) is 7.57. The highest BCUT2D eigenvalue weighted by Gasteiger charge is 2.27. The van der Waals surface area contributed by atoms with E-state index in [9.17, 15) is 18.3 Å². The van der Waals surface area contributed by atoms with E-state index in [4.69, 9.17) is 5.11 Å². The molecule has 2 unspecified atom stereocenters. The van der Waals surface area contributed by atoms with Crippen LogP contribution in [0.2, 0.25) is 0 Å². The Morgan fingerprint density at radius 1 is 1.15 bits per heavy atom. The number of carboxylic acids is 1. The summed E-state index contributed by atoms with van der Waals surface area (Å²) in [6.45, 7) is 0.233. The molecule has 0 heterocycles. The number of nitrogens with one attached hydrogen (secondary N) is 1. The molecule has 0 fully saturated rings. The molecule has 0 saturated carbocycles. The van der Waals surface area contributed by atoms with Crippen LogP contribution >= 0.6 is 0 Å². The molecule has 0 aliphatic heterocycles. The highest BCUT2D eigenvalue weighted by Crippen LogP contribution is 2.35. The maximum absolute atomic E-state index is 12.4. The van der Waals surface area contributed by atoms with Gasteiger partial charge in [0, 0.05) is 6.54 Å². The summed E-state index contributed by atoms with van der Waals surface area (Å²) in [5.41, 5.74) is 2.12. The van der Waals surface area contributed by atoms with Crippen molar-refractivity contribution in [3.05, 3.63) is 65.2 Å². The molecule has 3 N–H and O–H groups in total. The Morgan fingerprint density at radius 3 is 2.58 bits per heavy atom. The number of rotatable bonds is 6. The van der Waals surface area contributed by atoms with Gasteiger partial charge >= 0.3 is 5.97 Å². The molecular formula is C19H21NO5S. The summed E-state index contributed by atoms with van der Waals surface area (Å²) in [5.74, 6) is -1.34. The lowest BCUT2D eigenvalue weighted by Gasteiger charge is -2.28. The zero-order chi connectivity index (χ0) is 18.7. The van der Waals surface area contributed by atoms with E-state index in [0.29, 0.717) is 12.0 Å². The van der Waals surface area contributed by atoms with Crippen LogP contribution in [0.4, 0.5) is 0 Å². The molecule has 2 aromatic carbocycles. The highest BCUT2D eigenvalue weighted by atomic mass is 32.2. The summed E-state index contributed by atoms with van der Waals surface area (Å²) < 4.78 is 27.5. The Labute approximate surface area is 152 Å². The molecule has 26 heavy (non-hydrogen) atoms. The predicted molar refractivity (Wildman–Crippen MR) is 96.3 cm³/mol. The molecule has 0 saturated heterocycles. The van der Waals surface area contributed by atoms with Crippen molar-refractivity contribution in [3.8, 4) is 0 Å². The van der Waals surface area contributed by atoms with Crippen LogP contribution < -0.4 is 4.72 Å². The Bertz CT molecular complexity index is 895. The summed E-state index contributed by atoms with van der Waals surface area (Å²) in [6.07, 6.45) is 0.729. The summed E-state index contributed by atoms with van der Waals surface area (Å²) >= 11 is 0. The Balaban J connectivity index is 1.82. The molecule has 0 radical (unpaired) electrons. The highest BCUT2D eigenvalue weighted by molar-refractivity contribution is 7.89. The monoisotopic (exact) mass is 375 g/mol. The summed E-state index contributed by atoms with van der Waals surface area (Å²) in [4.78, 5) is 11.4. The number of fused-ring (bicyclic) bond motifs is 1. The fourth-order valence-corrected chi connectivity index (χ4v) is 4.57. The van der Waals surface area contributed by atoms with E-state index in [2.05, 4.69) is 4.72 Å². The Kier molecular flexibility index (Phi) is 5.41. The summed E-state index contributed by atoms with van der Waals surface area (Å²) in [7, 11) is -3.60. The molecule has 7 heteroatoms. The Morgan fingerprint density at radius 2 is 1.88 bits per heavy atom. The van der Waals surface area contributed by atoms with Gasteiger partial charge in [0.2, 0.25) is 10.0 Å². The number of aliphatic hydroxyl groups is 1. The van der Waals surface area contributed by atoms with Crippen LogP contribution in [0, 0.1) is 0 Å². The van der Waals surface area contributed by atoms with Crippen molar-refractivity contribution in [1.29, 1.82) is 0 Å². The van der Waals surface area contributed by atoms with Crippen LogP contribution in [0.15, 0.2) is 53.4 Å². The zero-order valence-corrected chi connectivity index (χ0v) is 14.9. The largest absolute Gasteiger partial charge is 0.479 e. The average molecular weight is 375 g/mol. The van der Waals surface area contributed by atoms with Crippen molar-refractivity contribution >= 4 is 16.0 Å². The number of hydrogen-bond donors (Lipinski definition) is 3. The van der Waals surface area contributed by atoms with E-state index in [1.54, 1.807) is 42.5 Å². The molecular weight excluding hydrogens is 354 g/mol. The first kappa shape index (κ1) is 18.6. The molecule has 2 atom stereocenters. The van der Waals surface area contributed by atoms with Crippen molar-refractivity contribution in [3.63, 3.8) is 0 Å². The van der Waals surface area contributed by atoms with Gasteiger partial charge in [-0.05, 0) is 54.0 Å². The fourth-order valence-electron chi connectivity index (χ4n) is 3.47. The van der Waals surface area contributed by atoms with Gasteiger partial charge in [0.15, 0.2) is 6.10 Å². The van der Waals surface area contributed by atoms with Gasteiger partial charge in [0.1, 0.15) is 0 Å². The zero-order valence-electron chi connectivity index (χ0n) is 14.1. The predicted octanol–water partition coefficient (Wildman–Crippen LogP) is 2.20. The second-order valence-electron chi connectivity index (χ2n) is 6.41. The first-order valence-electron chi connectivity index (χ1n) is 8.47. The molecule has 0 amide bonds. The van der Waals surface area contributed by atoms with Crippen molar-refractivity contribution in [2.45, 2.75) is 36.2 Å². The molecule has 3 rings (SSSR count). The lowest BCUT2D eigenvalue weighted by atomic mass is 9.80. The molecule has 0 aromatic heterocycles. The molecule has 6 nitrogen and oxygen atoms in total. The van der Waals surface area contributed by atoms with Crippen LogP contribution in [-0.2, 0) is 21.2 Å². The minimum absolute atomic E-state index is 0.0572. The van der Waals surface area contributed by atoms with Crippen LogP contribution in [-0.4, -0.2) is 31.1 Å². The van der Waals surface area contributed by atoms with Gasteiger partial charge in [-0.25, -0.2) is 17.9 Å². The molecule has 138 valence electrons. The van der Waals surface area contributed by atoms with Crippen molar-refractivity contribution in [1.82, 2.24) is 4.72 Å². The van der Waals surface area contributed by atoms with Gasteiger partial charge in [-0.15, -0.1) is 0 Å². The van der Waals surface area contributed by atoms with Gasteiger partial charge < -0.3 is 10.2 Å². The van der Waals surface area contributed by atoms with Crippen LogP contribution in [0.5, 0.6) is 0 Å². The van der Waals surface area contributed by atoms with Crippen LogP contribution in [0.1, 0.15) is 41.6 Å². The van der Waals surface area contributed by atoms with E-state index in [-0.39, 0.29) is 17.4 Å². The average Bonchev–Trinajstić information content (AvgIpc) is 2.66. The number of aliphatic carboxylic acids is 1. The molecule has 0 bridgehead atoms. The minimum atomic E-state index is -3.60. The van der Waals surface area contributed by atoms with E-state index >= 15 is 0 Å². The SMILES string of the molecule is O=C(O)C(O)c1cccc2c1CCCC2CNS(=O)(=O)c1ccccc1. The van der Waals surface area contributed by atoms with Gasteiger partial charge in [-0.2, -0.15) is 0 Å². The molecule has 2 aromatic rings. The maximum Gasteiger partial charge on any atom is 0.337 e. The van der Waals surface area contributed by atoms with E-state index in [1.165, 1.54) is 0 Å². The lowest BCUT2D eigenvalue weighted by Crippen LogP contribution is -2.30. The topological polar surface area (TPSA) is 104 Å². The van der Waals surface area contributed by atoms with Crippen molar-refractivity contribution in [2.75, 3.05) is 6.54 Å². The fraction of sp³-hybridized carbons (Fsp3) is 0.316. The lowest BCUT2D eigenvalue weighted by molar-refractivity contribution is -0.147. The van der Waals surface area contributed by atoms with E-state index in [1.807, 2.05) is 6.07 Å². The number of benzene rings is 2. The van der Waals surface area contributed by atoms with Gasteiger partial charge in [0.25, 0.3) is 0 Å². The molecule has 1 aliphatic rings. The number of carboxylic acid groups (broad SMARTS) is 1. The van der Waals surface area contributed by atoms with Crippen molar-refractivity contribution < 1.29 is 23.4 Å². The molecule has 0 spiro atoms. The number of hydrogen-bond acceptors (Lipinski definition) is 4. The Hall–Kier alpha value is -2.22. The third kappa shape index (κ3) is 3.80. The van der Waals surface area contributed by atoms with Gasteiger partial charge in [-0.3, -0.25) is 0 Å². The third-order valence-corrected chi connectivity index (χ3v) is 6.21. The van der Waals surface area contributed by atoms with Crippen LogP contribution in [0.25, 0.3) is 0 Å². The first-order valence-corrected chi connectivity index (χ1v) is 9.96. The smallest absolute Gasteiger partial charge is 0.337 e. The third-order valence-electron chi connectivity index (χ3n) is 4.77. The normalized spacial score (nSPS) is 18.1.